The molecule has 69 heavy (non-hydrogen) atoms. The van der Waals surface area contributed by atoms with Crippen molar-refractivity contribution in [2.24, 2.45) is 0 Å². The molecular weight excluding hydrogens is 1030 g/mol. The molecule has 0 unspecified atom stereocenters. The van der Waals surface area contributed by atoms with Crippen LogP contribution < -0.4 is 21.4 Å². The van der Waals surface area contributed by atoms with E-state index in [0.717, 1.165) is 0 Å². The van der Waals surface area contributed by atoms with Gasteiger partial charge in [-0.25, -0.2) is 87.8 Å². The average molecular weight is 1040 g/mol. The van der Waals surface area contributed by atoms with Crippen molar-refractivity contribution in [2.75, 3.05) is 0 Å². The Hall–Kier alpha value is -7.30. The van der Waals surface area contributed by atoms with Crippen LogP contribution in [0.5, 0.6) is 0 Å². The third kappa shape index (κ3) is 7.01. The second-order valence-corrected chi connectivity index (χ2v) is 14.4. The summed E-state index contributed by atoms with van der Waals surface area (Å²) < 4.78 is 303. The standard InChI is InChI=1S/C44H12F20N4.Zn/c45-25-21(26(46)34(54)41(61)33(25)53)17-9-1-2-10(65-9)18(22-27(47)35(55)42(62)36(56)28(22)48)12-5-6-14(67-12)20(24-31(51)39(59)44(64)40(60)32(24)52)16-8-7-15(68-16)19(13-4-3-11(17)66-13)23-29(49)37(57)43(63)38(58)30(23)50;/h1-8,65-68H;. The molecule has 4 nitrogen and oxygen atoms in total. The van der Waals surface area contributed by atoms with Crippen molar-refractivity contribution >= 4 is 22.3 Å². The molecule has 1 aliphatic rings. The minimum atomic E-state index is -2.70. The van der Waals surface area contributed by atoms with Crippen LogP contribution in [-0.4, -0.2) is 19.9 Å². The summed E-state index contributed by atoms with van der Waals surface area (Å²) in [6, 6.07) is 5.29. The number of nitrogens with one attached hydrogen (secondary N) is 4. The van der Waals surface area contributed by atoms with Crippen molar-refractivity contribution in [3.05, 3.63) is 231 Å². The molecule has 25 heteroatoms. The van der Waals surface area contributed by atoms with Crippen molar-refractivity contribution in [2.45, 2.75) is 0 Å². The van der Waals surface area contributed by atoms with Gasteiger partial charge in [-0.05, 0) is 48.5 Å². The zero-order chi connectivity index (χ0) is 49.3. The molecule has 0 amide bonds. The van der Waals surface area contributed by atoms with Crippen molar-refractivity contribution in [1.29, 1.82) is 0 Å². The van der Waals surface area contributed by atoms with Crippen LogP contribution in [0.15, 0.2) is 48.5 Å². The molecule has 8 aromatic rings. The van der Waals surface area contributed by atoms with Crippen molar-refractivity contribution < 1.29 is 107 Å². The molecule has 4 N–H and O–H groups in total. The third-order valence-corrected chi connectivity index (χ3v) is 10.7. The summed E-state index contributed by atoms with van der Waals surface area (Å²) in [5, 5.41) is -3.59. The normalized spacial score (nSPS) is 12.7. The van der Waals surface area contributed by atoms with E-state index in [0.29, 0.717) is 48.5 Å². The molecule has 5 heterocycles. The molecule has 0 spiro atoms. The van der Waals surface area contributed by atoms with Crippen molar-refractivity contribution in [3.63, 3.8) is 0 Å². The monoisotopic (exact) mass is 1040 g/mol. The van der Waals surface area contributed by atoms with Gasteiger partial charge in [0.2, 0.25) is 23.3 Å². The number of hydrogen-bond acceptors (Lipinski definition) is 0. The molecular formula is C44H12F20N4Zn. The predicted octanol–water partition coefficient (Wildman–Crippen LogP) is 9.08. The Labute approximate surface area is 380 Å². The first-order valence-corrected chi connectivity index (χ1v) is 18.4. The van der Waals surface area contributed by atoms with E-state index < -0.39 is 205 Å². The summed E-state index contributed by atoms with van der Waals surface area (Å²) in [5.74, 6) is -52.2. The molecule has 0 atom stereocenters. The minimum Gasteiger partial charge on any atom is -0.354 e. The molecule has 350 valence electrons. The molecule has 0 saturated carbocycles. The number of H-pyrrole nitrogens is 4. The van der Waals surface area contributed by atoms with E-state index in [4.69, 9.17) is 0 Å². The first-order valence-electron chi connectivity index (χ1n) is 18.4. The molecule has 0 aliphatic carbocycles. The maximum atomic E-state index is 15.8. The molecule has 9 rings (SSSR count). The van der Waals surface area contributed by atoms with Gasteiger partial charge in [0.25, 0.3) is 0 Å². The van der Waals surface area contributed by atoms with Crippen LogP contribution >= 0.6 is 0 Å². The van der Waals surface area contributed by atoms with E-state index in [1.807, 2.05) is 0 Å². The van der Waals surface area contributed by atoms with Crippen molar-refractivity contribution in [3.8, 4) is 0 Å². The summed E-state index contributed by atoms with van der Waals surface area (Å²) in [6.45, 7) is 0. The fourth-order valence-electron chi connectivity index (χ4n) is 7.70. The van der Waals surface area contributed by atoms with Gasteiger partial charge in [0, 0.05) is 85.9 Å². The number of aromatic amines is 4. The Balaban J connectivity index is 0.00000642. The zero-order valence-electron chi connectivity index (χ0n) is 32.9. The topological polar surface area (TPSA) is 63.2 Å². The Morgan fingerprint density at radius 2 is 0.333 bits per heavy atom. The van der Waals surface area contributed by atoms with Gasteiger partial charge in [0.1, 0.15) is 0 Å². The fourth-order valence-corrected chi connectivity index (χ4v) is 7.70. The Morgan fingerprint density at radius 3 is 0.493 bits per heavy atom. The van der Waals surface area contributed by atoms with Gasteiger partial charge in [0.05, 0.1) is 22.3 Å². The van der Waals surface area contributed by atoms with Gasteiger partial charge < -0.3 is 19.9 Å². The molecule has 0 radical (unpaired) electrons. The van der Waals surface area contributed by atoms with Crippen LogP contribution in [-0.2, 0) is 19.5 Å². The number of benzene rings is 4. The number of hydrogen-bond donors (Lipinski definition) is 4. The fraction of sp³-hybridized carbons (Fsp3) is 0. The molecule has 1 aliphatic heterocycles. The van der Waals surface area contributed by atoms with Gasteiger partial charge in [-0.2, -0.15) is 0 Å². The van der Waals surface area contributed by atoms with Gasteiger partial charge in [-0.3, -0.25) is 0 Å². The summed E-state index contributed by atoms with van der Waals surface area (Å²) in [5.41, 5.74) is -15.7. The van der Waals surface area contributed by atoms with Crippen LogP contribution in [0, 0.1) is 116 Å². The molecule has 8 bridgehead atoms. The molecule has 0 saturated heterocycles. The SMILES string of the molecule is Fc1c(F)c(F)c(C2=c3ccc([nH]3)=C(c3c(F)c(F)c(F)c(F)c3F)c3ccc([nH]3)C(c3c(F)c(F)c(F)c(F)c3F)=c3ccc([nH]3)=C(c3c(F)c(F)c(F)c(F)c3F)c3ccc2[nH]3)c(F)c1F.[Zn]. The van der Waals surface area contributed by atoms with Gasteiger partial charge >= 0.3 is 0 Å². The second kappa shape index (κ2) is 17.0. The maximum absolute atomic E-state index is 15.8. The Bertz CT molecular complexity index is 3230. The average Bonchev–Trinajstić information content (AvgIpc) is 4.18. The largest absolute Gasteiger partial charge is 0.354 e. The van der Waals surface area contributed by atoms with E-state index in [1.165, 1.54) is 0 Å². The summed E-state index contributed by atoms with van der Waals surface area (Å²) in [7, 11) is 0. The van der Waals surface area contributed by atoms with Crippen LogP contribution in [0.3, 0.4) is 0 Å². The van der Waals surface area contributed by atoms with Crippen LogP contribution in [0.1, 0.15) is 45.0 Å². The Kier molecular flexibility index (Phi) is 11.9. The van der Waals surface area contributed by atoms with E-state index >= 15 is 35.1 Å². The van der Waals surface area contributed by atoms with Crippen LogP contribution in [0.4, 0.5) is 87.8 Å². The number of fused-ring (bicyclic) bond motifs is 8. The number of halogens is 20. The predicted molar refractivity (Wildman–Crippen MR) is 193 cm³/mol. The number of aromatic nitrogens is 4. The summed E-state index contributed by atoms with van der Waals surface area (Å²) in [6.07, 6.45) is 0. The van der Waals surface area contributed by atoms with Crippen LogP contribution in [0.25, 0.3) is 22.3 Å². The van der Waals surface area contributed by atoms with E-state index in [1.54, 1.807) is 0 Å². The second-order valence-electron chi connectivity index (χ2n) is 14.4. The van der Waals surface area contributed by atoms with Gasteiger partial charge in [0.15, 0.2) is 93.1 Å². The first kappa shape index (κ1) is 48.2. The minimum absolute atomic E-state index is 0. The molecule has 4 aromatic carbocycles. The zero-order valence-corrected chi connectivity index (χ0v) is 35.9. The van der Waals surface area contributed by atoms with Gasteiger partial charge in [-0.15, -0.1) is 0 Å². The molecule has 4 aromatic heterocycles. The summed E-state index contributed by atoms with van der Waals surface area (Å²) in [4.78, 5) is 9.09. The van der Waals surface area contributed by atoms with E-state index in [2.05, 4.69) is 19.9 Å². The first-order chi connectivity index (χ1) is 32.1. The molecule has 0 fully saturated rings. The quantitative estimate of drug-likeness (QED) is 0.0589. The summed E-state index contributed by atoms with van der Waals surface area (Å²) >= 11 is 0. The Morgan fingerprint density at radius 1 is 0.188 bits per heavy atom. The van der Waals surface area contributed by atoms with E-state index in [-0.39, 0.29) is 19.5 Å². The van der Waals surface area contributed by atoms with Crippen LogP contribution in [0.2, 0.25) is 0 Å². The number of rotatable bonds is 4. The van der Waals surface area contributed by atoms with Crippen molar-refractivity contribution in [1.82, 2.24) is 19.9 Å². The van der Waals surface area contributed by atoms with Gasteiger partial charge in [-0.1, -0.05) is 0 Å². The smallest absolute Gasteiger partial charge is 0.200 e. The maximum Gasteiger partial charge on any atom is 0.200 e. The van der Waals surface area contributed by atoms with E-state index in [9.17, 15) is 52.7 Å². The third-order valence-electron chi connectivity index (χ3n) is 10.7.